The molecule has 0 spiro atoms. The first kappa shape index (κ1) is 25.2. The van der Waals surface area contributed by atoms with Gasteiger partial charge in [-0.1, -0.05) is 18.6 Å². The number of likely N-dealkylation sites (tertiary alicyclic amines) is 2. The van der Waals surface area contributed by atoms with E-state index in [2.05, 4.69) is 22.0 Å². The fourth-order valence-electron chi connectivity index (χ4n) is 4.25. The van der Waals surface area contributed by atoms with Crippen LogP contribution in [-0.4, -0.2) is 79.4 Å². The van der Waals surface area contributed by atoms with E-state index in [1.165, 1.54) is 45.3 Å². The molecule has 2 saturated heterocycles. The number of aryl methyl sites for hydroxylation is 1. The van der Waals surface area contributed by atoms with Crippen molar-refractivity contribution in [3.8, 4) is 5.75 Å². The van der Waals surface area contributed by atoms with Gasteiger partial charge >= 0.3 is 0 Å². The number of ether oxygens (including phenoxy) is 1. The molecule has 0 aliphatic carbocycles. The molecule has 0 radical (unpaired) electrons. The molecule has 170 valence electrons. The van der Waals surface area contributed by atoms with Gasteiger partial charge in [0.1, 0.15) is 18.5 Å². The summed E-state index contributed by atoms with van der Waals surface area (Å²) in [6.07, 6.45) is 4.70. The molecular weight excluding hydrogens is 491 g/mol. The van der Waals surface area contributed by atoms with Crippen LogP contribution in [0.3, 0.4) is 0 Å². The molecule has 7 heteroatoms. The summed E-state index contributed by atoms with van der Waals surface area (Å²) in [4.78, 5) is 9.68. The second-order valence-corrected chi connectivity index (χ2v) is 8.44. The molecule has 0 saturated carbocycles. The van der Waals surface area contributed by atoms with Gasteiger partial charge < -0.3 is 25.0 Å². The van der Waals surface area contributed by atoms with Gasteiger partial charge in [-0.2, -0.15) is 0 Å². The summed E-state index contributed by atoms with van der Waals surface area (Å²) in [5.74, 6) is 2.43. The monoisotopic (exact) mass is 530 g/mol. The number of aliphatic hydroxyl groups excluding tert-OH is 1. The third kappa shape index (κ3) is 8.23. The largest absolute Gasteiger partial charge is 0.491 e. The average Bonchev–Trinajstić information content (AvgIpc) is 3.18. The summed E-state index contributed by atoms with van der Waals surface area (Å²) in [6.45, 7) is 11.4. The van der Waals surface area contributed by atoms with Crippen molar-refractivity contribution < 1.29 is 9.84 Å². The topological polar surface area (TPSA) is 60.3 Å². The zero-order chi connectivity index (χ0) is 20.5. The van der Waals surface area contributed by atoms with Crippen LogP contribution >= 0.6 is 24.0 Å². The zero-order valence-electron chi connectivity index (χ0n) is 18.6. The molecule has 2 heterocycles. The van der Waals surface area contributed by atoms with Crippen molar-refractivity contribution >= 4 is 29.9 Å². The third-order valence-corrected chi connectivity index (χ3v) is 5.77. The van der Waals surface area contributed by atoms with E-state index in [1.54, 1.807) is 0 Å². The molecule has 0 amide bonds. The predicted octanol–water partition coefficient (Wildman–Crippen LogP) is 3.13. The molecule has 0 aromatic heterocycles. The highest BCUT2D eigenvalue weighted by atomic mass is 127. The number of rotatable bonds is 8. The van der Waals surface area contributed by atoms with Crippen molar-refractivity contribution in [3.05, 3.63) is 29.8 Å². The van der Waals surface area contributed by atoms with Gasteiger partial charge in [-0.15, -0.1) is 24.0 Å². The van der Waals surface area contributed by atoms with Gasteiger partial charge in [0.05, 0.1) is 6.54 Å². The normalized spacial score (nSPS) is 21.2. The van der Waals surface area contributed by atoms with Gasteiger partial charge in [-0.3, -0.25) is 4.99 Å². The lowest BCUT2D eigenvalue weighted by molar-refractivity contribution is 0.114. The minimum atomic E-state index is -0.615. The van der Waals surface area contributed by atoms with Crippen LogP contribution in [0.25, 0.3) is 0 Å². The van der Waals surface area contributed by atoms with Crippen molar-refractivity contribution in [3.63, 3.8) is 0 Å². The second kappa shape index (κ2) is 13.4. The number of hydrogen-bond acceptors (Lipinski definition) is 4. The summed E-state index contributed by atoms with van der Waals surface area (Å²) in [6, 6.07) is 7.89. The van der Waals surface area contributed by atoms with E-state index in [0.29, 0.717) is 12.5 Å². The average molecular weight is 530 g/mol. The summed E-state index contributed by atoms with van der Waals surface area (Å²) in [5.41, 5.74) is 1.15. The summed E-state index contributed by atoms with van der Waals surface area (Å²) >= 11 is 0. The van der Waals surface area contributed by atoms with E-state index in [0.717, 1.165) is 36.9 Å². The van der Waals surface area contributed by atoms with Crippen LogP contribution in [0.5, 0.6) is 5.75 Å². The molecule has 2 atom stereocenters. The van der Waals surface area contributed by atoms with Crippen LogP contribution < -0.4 is 10.1 Å². The maximum absolute atomic E-state index is 10.3. The van der Waals surface area contributed by atoms with Crippen molar-refractivity contribution in [2.24, 2.45) is 10.9 Å². The molecule has 1 aromatic carbocycles. The quantitative estimate of drug-likeness (QED) is 0.308. The first-order valence-corrected chi connectivity index (χ1v) is 11.3. The number of nitrogens with zero attached hydrogens (tertiary/aromatic N) is 3. The minimum absolute atomic E-state index is 0. The van der Waals surface area contributed by atoms with Gasteiger partial charge in [-0.25, -0.2) is 0 Å². The Morgan fingerprint density at radius 1 is 1.27 bits per heavy atom. The van der Waals surface area contributed by atoms with Crippen molar-refractivity contribution in [2.45, 2.75) is 45.6 Å². The number of piperidine rings is 1. The number of aliphatic imine (C=N–C) groups is 1. The van der Waals surface area contributed by atoms with E-state index in [4.69, 9.17) is 9.73 Å². The van der Waals surface area contributed by atoms with Gasteiger partial charge in [0.15, 0.2) is 5.96 Å². The van der Waals surface area contributed by atoms with Crippen LogP contribution in [0.1, 0.15) is 38.2 Å². The molecule has 2 N–H and O–H groups in total. The zero-order valence-corrected chi connectivity index (χ0v) is 20.9. The fraction of sp³-hybridized carbons (Fsp3) is 0.696. The summed E-state index contributed by atoms with van der Waals surface area (Å²) in [7, 11) is 0. The Kier molecular flexibility index (Phi) is 11.2. The SMILES string of the molecule is CCNC(=NCC(O)COc1cccc(C)c1)N1CCC(CN2CCCCC2)C1.I. The highest BCUT2D eigenvalue weighted by Gasteiger charge is 2.27. The van der Waals surface area contributed by atoms with E-state index < -0.39 is 6.10 Å². The Bertz CT molecular complexity index is 652. The Morgan fingerprint density at radius 2 is 2.07 bits per heavy atom. The third-order valence-electron chi connectivity index (χ3n) is 5.77. The molecule has 2 unspecified atom stereocenters. The lowest BCUT2D eigenvalue weighted by atomic mass is 10.1. The molecule has 6 nitrogen and oxygen atoms in total. The minimum Gasteiger partial charge on any atom is -0.491 e. The first-order chi connectivity index (χ1) is 14.1. The van der Waals surface area contributed by atoms with E-state index in [9.17, 15) is 5.11 Å². The first-order valence-electron chi connectivity index (χ1n) is 11.3. The van der Waals surface area contributed by atoms with Crippen LogP contribution in [0.4, 0.5) is 0 Å². The van der Waals surface area contributed by atoms with Crippen molar-refractivity contribution in [1.29, 1.82) is 0 Å². The molecule has 0 bridgehead atoms. The number of guanidine groups is 1. The predicted molar refractivity (Wildman–Crippen MR) is 134 cm³/mol. The highest BCUT2D eigenvalue weighted by molar-refractivity contribution is 14.0. The molecule has 3 rings (SSSR count). The van der Waals surface area contributed by atoms with E-state index in [1.807, 2.05) is 31.2 Å². The fourth-order valence-corrected chi connectivity index (χ4v) is 4.25. The van der Waals surface area contributed by atoms with Crippen LogP contribution in [0.2, 0.25) is 0 Å². The van der Waals surface area contributed by atoms with Crippen LogP contribution in [-0.2, 0) is 0 Å². The van der Waals surface area contributed by atoms with E-state index >= 15 is 0 Å². The number of benzene rings is 1. The highest BCUT2D eigenvalue weighted by Crippen LogP contribution is 2.20. The van der Waals surface area contributed by atoms with Gasteiger partial charge in [0.2, 0.25) is 0 Å². The number of nitrogens with one attached hydrogen (secondary N) is 1. The maximum atomic E-state index is 10.3. The van der Waals surface area contributed by atoms with E-state index in [-0.39, 0.29) is 30.6 Å². The maximum Gasteiger partial charge on any atom is 0.194 e. The lowest BCUT2D eigenvalue weighted by Gasteiger charge is -2.29. The molecule has 1 aromatic rings. The smallest absolute Gasteiger partial charge is 0.194 e. The van der Waals surface area contributed by atoms with Crippen LogP contribution in [0, 0.1) is 12.8 Å². The Morgan fingerprint density at radius 3 is 2.80 bits per heavy atom. The van der Waals surface area contributed by atoms with Gasteiger partial charge in [0.25, 0.3) is 0 Å². The molecule has 2 aliphatic heterocycles. The Hall–Kier alpha value is -1.06. The van der Waals surface area contributed by atoms with Gasteiger partial charge in [0, 0.05) is 26.2 Å². The molecule has 2 aliphatic rings. The summed E-state index contributed by atoms with van der Waals surface area (Å²) < 4.78 is 5.71. The summed E-state index contributed by atoms with van der Waals surface area (Å²) in [5, 5.41) is 13.7. The standard InChI is InChI=1S/C23H38N4O2.HI/c1-3-24-23(25-15-21(28)18-29-22-9-7-8-19(2)14-22)27-13-10-20(17-27)16-26-11-5-4-6-12-26;/h7-9,14,20-21,28H,3-6,10-13,15-18H2,1-2H3,(H,24,25);1H. The van der Waals surface area contributed by atoms with Gasteiger partial charge in [-0.05, 0) is 69.8 Å². The Balaban J connectivity index is 0.00000320. The van der Waals surface area contributed by atoms with Crippen LogP contribution in [0.15, 0.2) is 29.3 Å². The van der Waals surface area contributed by atoms with Crippen molar-refractivity contribution in [1.82, 2.24) is 15.1 Å². The number of aliphatic hydroxyl groups is 1. The van der Waals surface area contributed by atoms with Crippen molar-refractivity contribution in [2.75, 3.05) is 52.4 Å². The molecule has 30 heavy (non-hydrogen) atoms. The molecule has 2 fully saturated rings. The number of halogens is 1. The Labute approximate surface area is 199 Å². The number of hydrogen-bond donors (Lipinski definition) is 2. The second-order valence-electron chi connectivity index (χ2n) is 8.44. The lowest BCUT2D eigenvalue weighted by Crippen LogP contribution is -2.42. The molecular formula is C23H39IN4O2.